The minimum atomic E-state index is -0.244. The average molecular weight is 267 g/mol. The van der Waals surface area contributed by atoms with Crippen LogP contribution >= 0.6 is 11.6 Å². The van der Waals surface area contributed by atoms with Crippen LogP contribution in [0.15, 0.2) is 30.5 Å². The third-order valence-electron chi connectivity index (χ3n) is 2.16. The van der Waals surface area contributed by atoms with E-state index in [-0.39, 0.29) is 19.1 Å². The first-order valence-corrected chi connectivity index (χ1v) is 5.60. The molecule has 0 aliphatic carbocycles. The molecular weight excluding hydrogens is 256 g/mol. The summed E-state index contributed by atoms with van der Waals surface area (Å²) in [4.78, 5) is 11.7. The van der Waals surface area contributed by atoms with Crippen LogP contribution in [0, 0.1) is 0 Å². The zero-order chi connectivity index (χ0) is 13.0. The molecule has 1 amide bonds. The minimum absolute atomic E-state index is 0.0273. The standard InChI is InChI=1S/C11H11ClN4O2/c12-8-2-1-3-9(4-8)13-11(18)6-16-5-10(7-17)14-15-16/h1-5,17H,6-7H2,(H,13,18). The Balaban J connectivity index is 1.96. The molecule has 18 heavy (non-hydrogen) atoms. The molecule has 94 valence electrons. The summed E-state index contributed by atoms with van der Waals surface area (Å²) >= 11 is 5.80. The van der Waals surface area contributed by atoms with Crippen molar-refractivity contribution in [1.29, 1.82) is 0 Å². The zero-order valence-corrected chi connectivity index (χ0v) is 10.1. The molecule has 0 aliphatic rings. The molecule has 2 N–H and O–H groups in total. The molecule has 0 saturated heterocycles. The Bertz CT molecular complexity index is 555. The highest BCUT2D eigenvalue weighted by Crippen LogP contribution is 2.14. The fourth-order valence-corrected chi connectivity index (χ4v) is 1.59. The van der Waals surface area contributed by atoms with Crippen LogP contribution in [0.3, 0.4) is 0 Å². The van der Waals surface area contributed by atoms with Crippen molar-refractivity contribution < 1.29 is 9.90 Å². The number of hydrogen-bond donors (Lipinski definition) is 2. The number of aromatic nitrogens is 3. The lowest BCUT2D eigenvalue weighted by molar-refractivity contribution is -0.116. The van der Waals surface area contributed by atoms with Crippen LogP contribution in [0.2, 0.25) is 5.02 Å². The van der Waals surface area contributed by atoms with Crippen molar-refractivity contribution in [2.45, 2.75) is 13.2 Å². The molecule has 0 unspecified atom stereocenters. The Labute approximate surface area is 108 Å². The van der Waals surface area contributed by atoms with Crippen LogP contribution in [0.5, 0.6) is 0 Å². The van der Waals surface area contributed by atoms with Gasteiger partial charge in [0.25, 0.3) is 0 Å². The Morgan fingerprint density at radius 1 is 1.50 bits per heavy atom. The number of carbonyl (C=O) groups is 1. The Kier molecular flexibility index (Phi) is 3.91. The number of nitrogens with one attached hydrogen (secondary N) is 1. The van der Waals surface area contributed by atoms with Crippen LogP contribution < -0.4 is 5.32 Å². The summed E-state index contributed by atoms with van der Waals surface area (Å²) in [5, 5.41) is 19.4. The molecule has 0 aliphatic heterocycles. The van der Waals surface area contributed by atoms with Gasteiger partial charge in [0.05, 0.1) is 12.8 Å². The first-order valence-electron chi connectivity index (χ1n) is 5.22. The molecule has 1 aromatic carbocycles. The van der Waals surface area contributed by atoms with Crippen molar-refractivity contribution >= 4 is 23.2 Å². The van der Waals surface area contributed by atoms with Crippen LogP contribution in [-0.2, 0) is 17.9 Å². The SMILES string of the molecule is O=C(Cn1cc(CO)nn1)Nc1cccc(Cl)c1. The lowest BCUT2D eigenvalue weighted by atomic mass is 10.3. The van der Waals surface area contributed by atoms with E-state index in [1.165, 1.54) is 10.9 Å². The summed E-state index contributed by atoms with van der Waals surface area (Å²) in [6.45, 7) is -0.171. The number of aliphatic hydroxyl groups excluding tert-OH is 1. The van der Waals surface area contributed by atoms with Gasteiger partial charge in [-0.2, -0.15) is 0 Å². The van der Waals surface area contributed by atoms with Crippen LogP contribution in [0.1, 0.15) is 5.69 Å². The second-order valence-electron chi connectivity index (χ2n) is 3.62. The Hall–Kier alpha value is -1.92. The summed E-state index contributed by atoms with van der Waals surface area (Å²) in [7, 11) is 0. The van der Waals surface area contributed by atoms with E-state index in [1.807, 2.05) is 0 Å². The largest absolute Gasteiger partial charge is 0.390 e. The summed E-state index contributed by atoms with van der Waals surface area (Å²) in [5.41, 5.74) is 1.04. The quantitative estimate of drug-likeness (QED) is 0.867. The van der Waals surface area contributed by atoms with E-state index in [9.17, 15) is 4.79 Å². The van der Waals surface area contributed by atoms with Crippen LogP contribution in [0.25, 0.3) is 0 Å². The van der Waals surface area contributed by atoms with E-state index in [0.717, 1.165) is 0 Å². The van der Waals surface area contributed by atoms with E-state index < -0.39 is 0 Å². The molecule has 0 bridgehead atoms. The van der Waals surface area contributed by atoms with Crippen molar-refractivity contribution in [3.05, 3.63) is 41.2 Å². The number of nitrogens with zero attached hydrogens (tertiary/aromatic N) is 3. The predicted molar refractivity (Wildman–Crippen MR) is 66.0 cm³/mol. The number of aliphatic hydroxyl groups is 1. The fourth-order valence-electron chi connectivity index (χ4n) is 1.40. The molecule has 1 heterocycles. The first kappa shape index (κ1) is 12.5. The number of hydrogen-bond acceptors (Lipinski definition) is 4. The molecule has 7 heteroatoms. The van der Waals surface area contributed by atoms with Crippen molar-refractivity contribution in [1.82, 2.24) is 15.0 Å². The average Bonchev–Trinajstić information content (AvgIpc) is 2.76. The third kappa shape index (κ3) is 3.28. The number of amides is 1. The second kappa shape index (κ2) is 5.61. The van der Waals surface area contributed by atoms with Gasteiger partial charge in [0, 0.05) is 10.7 Å². The van der Waals surface area contributed by atoms with Gasteiger partial charge in [-0.15, -0.1) is 5.10 Å². The molecule has 1 aromatic heterocycles. The molecule has 0 radical (unpaired) electrons. The number of rotatable bonds is 4. The molecule has 0 fully saturated rings. The Morgan fingerprint density at radius 3 is 3.00 bits per heavy atom. The third-order valence-corrected chi connectivity index (χ3v) is 2.40. The minimum Gasteiger partial charge on any atom is -0.390 e. The van der Waals surface area contributed by atoms with Gasteiger partial charge >= 0.3 is 0 Å². The van der Waals surface area contributed by atoms with Crippen molar-refractivity contribution in [2.24, 2.45) is 0 Å². The molecule has 6 nitrogen and oxygen atoms in total. The molecular formula is C11H11ClN4O2. The van der Waals surface area contributed by atoms with E-state index in [1.54, 1.807) is 24.3 Å². The van der Waals surface area contributed by atoms with Crippen LogP contribution in [-0.4, -0.2) is 26.0 Å². The van der Waals surface area contributed by atoms with Crippen LogP contribution in [0.4, 0.5) is 5.69 Å². The van der Waals surface area contributed by atoms with Gasteiger partial charge in [-0.3, -0.25) is 4.79 Å². The van der Waals surface area contributed by atoms with E-state index in [2.05, 4.69) is 15.6 Å². The number of carbonyl (C=O) groups excluding carboxylic acids is 1. The van der Waals surface area contributed by atoms with Gasteiger partial charge in [0.2, 0.25) is 5.91 Å². The van der Waals surface area contributed by atoms with E-state index in [4.69, 9.17) is 16.7 Å². The summed E-state index contributed by atoms with van der Waals surface area (Å²) < 4.78 is 1.35. The van der Waals surface area contributed by atoms with Gasteiger partial charge < -0.3 is 10.4 Å². The van der Waals surface area contributed by atoms with Crippen molar-refractivity contribution in [3.63, 3.8) is 0 Å². The summed E-state index contributed by atoms with van der Waals surface area (Å²) in [6, 6.07) is 6.86. The summed E-state index contributed by atoms with van der Waals surface area (Å²) in [5.74, 6) is -0.244. The monoisotopic (exact) mass is 266 g/mol. The fraction of sp³-hybridized carbons (Fsp3) is 0.182. The normalized spacial score (nSPS) is 10.3. The van der Waals surface area contributed by atoms with Gasteiger partial charge in [-0.25, -0.2) is 4.68 Å². The smallest absolute Gasteiger partial charge is 0.246 e. The predicted octanol–water partition coefficient (Wildman–Crippen LogP) is 1.06. The maximum absolute atomic E-state index is 11.7. The van der Waals surface area contributed by atoms with Gasteiger partial charge in [-0.1, -0.05) is 22.9 Å². The molecule has 0 atom stereocenters. The van der Waals surface area contributed by atoms with E-state index >= 15 is 0 Å². The summed E-state index contributed by atoms with van der Waals surface area (Å²) in [6.07, 6.45) is 1.51. The maximum atomic E-state index is 11.7. The number of halogens is 1. The lowest BCUT2D eigenvalue weighted by Crippen LogP contribution is -2.19. The number of benzene rings is 1. The second-order valence-corrected chi connectivity index (χ2v) is 4.06. The van der Waals surface area contributed by atoms with Gasteiger partial charge in [-0.05, 0) is 18.2 Å². The highest BCUT2D eigenvalue weighted by Gasteiger charge is 2.06. The van der Waals surface area contributed by atoms with Gasteiger partial charge in [0.1, 0.15) is 12.2 Å². The van der Waals surface area contributed by atoms with Gasteiger partial charge in [0.15, 0.2) is 0 Å². The highest BCUT2D eigenvalue weighted by molar-refractivity contribution is 6.30. The molecule has 2 aromatic rings. The Morgan fingerprint density at radius 2 is 2.33 bits per heavy atom. The lowest BCUT2D eigenvalue weighted by Gasteiger charge is -2.04. The van der Waals surface area contributed by atoms with Crippen molar-refractivity contribution in [3.8, 4) is 0 Å². The molecule has 2 rings (SSSR count). The van der Waals surface area contributed by atoms with E-state index in [0.29, 0.717) is 16.4 Å². The number of anilines is 1. The van der Waals surface area contributed by atoms with Crippen molar-refractivity contribution in [2.75, 3.05) is 5.32 Å². The maximum Gasteiger partial charge on any atom is 0.246 e. The molecule has 0 saturated carbocycles. The first-order chi connectivity index (χ1) is 8.67. The molecule has 0 spiro atoms. The zero-order valence-electron chi connectivity index (χ0n) is 9.38. The topological polar surface area (TPSA) is 80.0 Å². The highest BCUT2D eigenvalue weighted by atomic mass is 35.5.